The first-order valence-corrected chi connectivity index (χ1v) is 19.2. The lowest BCUT2D eigenvalue weighted by atomic mass is 10.0. The number of nitrogens with zero attached hydrogens (tertiary/aromatic N) is 10. The highest BCUT2D eigenvalue weighted by Crippen LogP contribution is 2.35. The van der Waals surface area contributed by atoms with E-state index in [0.29, 0.717) is 48.0 Å². The van der Waals surface area contributed by atoms with Crippen LogP contribution in [0.3, 0.4) is 0 Å². The number of fused-ring (bicyclic) bond motifs is 2. The number of hydrogen-bond acceptors (Lipinski definition) is 11. The monoisotopic (exact) mass is 846 g/mol. The number of likely N-dealkylation sites (N-methyl/N-ethyl adjacent to an activating group) is 2. The minimum atomic E-state index is 0. The van der Waals surface area contributed by atoms with Crippen molar-refractivity contribution in [2.75, 3.05) is 41.5 Å². The summed E-state index contributed by atoms with van der Waals surface area (Å²) in [5.41, 5.74) is 7.93. The average molecular weight is 848 g/mol. The molecule has 2 aliphatic heterocycles. The maximum Gasteiger partial charge on any atom is 0.238 e. The molecule has 0 radical (unpaired) electrons. The molecule has 2 aliphatic rings. The van der Waals surface area contributed by atoms with E-state index in [-0.39, 0.29) is 19.5 Å². The summed E-state index contributed by atoms with van der Waals surface area (Å²) in [6.45, 7) is 2.90. The van der Waals surface area contributed by atoms with Gasteiger partial charge in [-0.15, -0.1) is 0 Å². The van der Waals surface area contributed by atoms with Gasteiger partial charge in [-0.3, -0.25) is 0 Å². The lowest BCUT2D eigenvalue weighted by molar-refractivity contribution is 0.0701. The molecule has 0 saturated heterocycles. The van der Waals surface area contributed by atoms with Crippen LogP contribution in [-0.4, -0.2) is 91.7 Å². The van der Waals surface area contributed by atoms with Crippen molar-refractivity contribution >= 4 is 49.4 Å². The number of rotatable bonds is 7. The lowest BCUT2D eigenvalue weighted by Crippen LogP contribution is -2.38. The first-order chi connectivity index (χ1) is 27.7. The standard InChI is InChI=1S/C23H24N6O2.C19H19BrN4O2.CH4/c1-15-11-29(14-24-15)20-10-9-18(25-23(20)30-4)22-26-31-13-21(28(22)3)17-12-27(2)19-8-6-5-7-16(17)19;1-23-10-13(12-6-4-5-7-16(12)23)17-11-26-22-18(24(17)2)15-9-8-14(20)19(21-15)25-3;/h5-12,14,21H,13H2,1-4H3;4-10,17H,11H2,1-3H3;1H4. The quantitative estimate of drug-likeness (QED) is 0.158. The Bertz CT molecular complexity index is 2650. The number of halogens is 1. The largest absolute Gasteiger partial charge is 0.480 e. The molecule has 58 heavy (non-hydrogen) atoms. The van der Waals surface area contributed by atoms with E-state index in [1.165, 1.54) is 32.9 Å². The molecule has 0 aliphatic carbocycles. The van der Waals surface area contributed by atoms with Crippen LogP contribution in [-0.2, 0) is 23.8 Å². The highest BCUT2D eigenvalue weighted by atomic mass is 79.9. The van der Waals surface area contributed by atoms with Crippen molar-refractivity contribution in [2.24, 2.45) is 24.4 Å². The van der Waals surface area contributed by atoms with Gasteiger partial charge in [0.05, 0.1) is 42.8 Å². The Balaban J connectivity index is 0.000000176. The molecule has 7 aromatic rings. The van der Waals surface area contributed by atoms with Gasteiger partial charge in [-0.25, -0.2) is 15.0 Å². The number of ether oxygens (including phenoxy) is 2. The van der Waals surface area contributed by atoms with Crippen molar-refractivity contribution in [2.45, 2.75) is 26.4 Å². The van der Waals surface area contributed by atoms with Crippen LogP contribution in [0.4, 0.5) is 0 Å². The van der Waals surface area contributed by atoms with Crippen molar-refractivity contribution in [3.05, 3.63) is 130 Å². The zero-order chi connectivity index (χ0) is 39.8. The van der Waals surface area contributed by atoms with Crippen LogP contribution in [0, 0.1) is 6.92 Å². The summed E-state index contributed by atoms with van der Waals surface area (Å²) < 4.78 is 17.9. The van der Waals surface area contributed by atoms with Gasteiger partial charge in [0.1, 0.15) is 30.3 Å². The van der Waals surface area contributed by atoms with Crippen molar-refractivity contribution in [3.8, 4) is 17.4 Å². The highest BCUT2D eigenvalue weighted by Gasteiger charge is 2.31. The van der Waals surface area contributed by atoms with Gasteiger partial charge in [-0.05, 0) is 59.3 Å². The third kappa shape index (κ3) is 7.33. The van der Waals surface area contributed by atoms with Crippen LogP contribution in [0.5, 0.6) is 11.8 Å². The first kappa shape index (κ1) is 39.9. The Hall–Kier alpha value is -6.35. The normalized spacial score (nSPS) is 16.4. The maximum absolute atomic E-state index is 5.66. The Morgan fingerprint density at radius 1 is 0.655 bits per heavy atom. The molecule has 2 atom stereocenters. The van der Waals surface area contributed by atoms with Crippen LogP contribution in [0.25, 0.3) is 27.5 Å². The van der Waals surface area contributed by atoms with E-state index in [1.54, 1.807) is 20.5 Å². The van der Waals surface area contributed by atoms with Crippen molar-refractivity contribution < 1.29 is 19.1 Å². The summed E-state index contributed by atoms with van der Waals surface area (Å²) in [4.78, 5) is 29.0. The fraction of sp³-hybridized carbons (Fsp3) is 0.279. The van der Waals surface area contributed by atoms with Crippen LogP contribution in [0.15, 0.2) is 112 Å². The van der Waals surface area contributed by atoms with E-state index in [2.05, 4.69) is 130 Å². The second-order valence-electron chi connectivity index (χ2n) is 13.9. The lowest BCUT2D eigenvalue weighted by Gasteiger charge is -2.32. The molecule has 2 aromatic carbocycles. The van der Waals surface area contributed by atoms with Crippen molar-refractivity contribution in [1.82, 2.24) is 38.5 Å². The van der Waals surface area contributed by atoms with Gasteiger partial charge in [0.25, 0.3) is 0 Å². The van der Waals surface area contributed by atoms with Crippen molar-refractivity contribution in [1.29, 1.82) is 0 Å². The number of pyridine rings is 2. The molecular formula is C43H47BrN10O4. The molecule has 0 spiro atoms. The summed E-state index contributed by atoms with van der Waals surface area (Å²) in [5.74, 6) is 2.36. The van der Waals surface area contributed by atoms with Gasteiger partial charge in [0, 0.05) is 79.7 Å². The number of para-hydroxylation sites is 2. The van der Waals surface area contributed by atoms with Gasteiger partial charge in [0.15, 0.2) is 11.7 Å². The number of imidazole rings is 1. The van der Waals surface area contributed by atoms with Gasteiger partial charge < -0.3 is 42.7 Å². The van der Waals surface area contributed by atoms with Crippen LogP contribution < -0.4 is 9.47 Å². The second kappa shape index (κ2) is 16.6. The van der Waals surface area contributed by atoms with Gasteiger partial charge in [-0.2, -0.15) is 0 Å². The molecule has 14 nitrogen and oxygen atoms in total. The predicted octanol–water partition coefficient (Wildman–Crippen LogP) is 7.79. The fourth-order valence-corrected chi connectivity index (χ4v) is 7.85. The van der Waals surface area contributed by atoms with Crippen LogP contribution in [0.1, 0.15) is 47.7 Å². The molecule has 9 rings (SSSR count). The molecule has 0 bridgehead atoms. The van der Waals surface area contributed by atoms with Gasteiger partial charge in [0.2, 0.25) is 11.8 Å². The number of benzene rings is 2. The van der Waals surface area contributed by atoms with E-state index < -0.39 is 0 Å². The van der Waals surface area contributed by atoms with E-state index >= 15 is 0 Å². The number of oxime groups is 2. The Labute approximate surface area is 346 Å². The number of aryl methyl sites for hydroxylation is 3. The molecule has 0 saturated carbocycles. The maximum atomic E-state index is 5.66. The first-order valence-electron chi connectivity index (χ1n) is 18.4. The molecule has 0 N–H and O–H groups in total. The van der Waals surface area contributed by atoms with E-state index in [9.17, 15) is 0 Å². The minimum absolute atomic E-state index is 0. The summed E-state index contributed by atoms with van der Waals surface area (Å²) >= 11 is 3.43. The summed E-state index contributed by atoms with van der Waals surface area (Å²) in [6.07, 6.45) is 8.01. The SMILES string of the molecule is C.COc1nc(C2=NOCC(c3cn(C)c4ccccc34)N2C)ccc1-n1cnc(C)c1.COc1nc(C2=NOCC(c3cn(C)c4ccccc34)N2C)ccc1Br. The Kier molecular flexibility index (Phi) is 11.4. The molecule has 5 aromatic heterocycles. The molecule has 0 amide bonds. The third-order valence-electron chi connectivity index (χ3n) is 10.4. The van der Waals surface area contributed by atoms with Gasteiger partial charge >= 0.3 is 0 Å². The van der Waals surface area contributed by atoms with E-state index in [0.717, 1.165) is 15.9 Å². The van der Waals surface area contributed by atoms with E-state index in [4.69, 9.17) is 24.1 Å². The number of hydrogen-bond donors (Lipinski definition) is 0. The van der Waals surface area contributed by atoms with Gasteiger partial charge in [-0.1, -0.05) is 54.1 Å². The fourth-order valence-electron chi connectivity index (χ4n) is 7.46. The van der Waals surface area contributed by atoms with E-state index in [1.807, 2.05) is 56.0 Å². The molecule has 7 heterocycles. The predicted molar refractivity (Wildman–Crippen MR) is 230 cm³/mol. The van der Waals surface area contributed by atoms with Crippen LogP contribution in [0.2, 0.25) is 0 Å². The number of amidine groups is 2. The number of methoxy groups -OCH3 is 2. The topological polar surface area (TPSA) is 122 Å². The molecule has 2 unspecified atom stereocenters. The number of aromatic nitrogens is 6. The Morgan fingerprint density at radius 2 is 1.16 bits per heavy atom. The molecular weight excluding hydrogens is 800 g/mol. The zero-order valence-electron chi connectivity index (χ0n) is 32.8. The summed E-state index contributed by atoms with van der Waals surface area (Å²) in [5, 5.41) is 11.0. The van der Waals surface area contributed by atoms with Crippen molar-refractivity contribution in [3.63, 3.8) is 0 Å². The summed E-state index contributed by atoms with van der Waals surface area (Å²) in [7, 11) is 11.4. The molecule has 0 fully saturated rings. The third-order valence-corrected chi connectivity index (χ3v) is 11.0. The average Bonchev–Trinajstić information content (AvgIpc) is 3.93. The summed E-state index contributed by atoms with van der Waals surface area (Å²) in [6, 6.07) is 24.5. The smallest absolute Gasteiger partial charge is 0.238 e. The molecule has 15 heteroatoms. The second-order valence-corrected chi connectivity index (χ2v) is 14.8. The molecule has 300 valence electrons. The highest BCUT2D eigenvalue weighted by molar-refractivity contribution is 9.10. The Morgan fingerprint density at radius 3 is 1.66 bits per heavy atom. The zero-order valence-corrected chi connectivity index (χ0v) is 34.4. The van der Waals surface area contributed by atoms with Crippen LogP contribution >= 0.6 is 15.9 Å². The minimum Gasteiger partial charge on any atom is -0.480 e.